The standard InChI is InChI=1S/C49H53ClF3N5O6S3/c50-37-14-10-34(11-15-37)42-8-4-5-9-43(42)46(59)35-20-26-58(27-21-35)39-16-12-36(13-17-39)47(60)56-67(63,64)41-18-19-44(45(30-41)66(61,62)49(51,52)53)55-38(31-65-40-6-2-1-3-7-40)22-25-57-28-23-48(24-29-57)32-54-33-48/h1-19,30,35,38,46,54-55,59H,20-29,31-33H2,(H,56,60)/t38?,46-/m1/s1. The highest BCUT2D eigenvalue weighted by Crippen LogP contribution is 2.40. The van der Waals surface area contributed by atoms with E-state index in [9.17, 15) is 39.9 Å². The minimum absolute atomic E-state index is 0.0150. The lowest BCUT2D eigenvalue weighted by atomic mass is 9.73. The summed E-state index contributed by atoms with van der Waals surface area (Å²) in [7, 11) is -10.9. The molecule has 3 heterocycles. The van der Waals surface area contributed by atoms with Crippen LogP contribution < -0.4 is 20.3 Å². The fourth-order valence-corrected chi connectivity index (χ4v) is 12.3. The number of amides is 1. The average Bonchev–Trinajstić information content (AvgIpc) is 3.32. The minimum Gasteiger partial charge on any atom is -0.388 e. The number of halogens is 4. The van der Waals surface area contributed by atoms with E-state index >= 15 is 0 Å². The molecule has 5 aromatic carbocycles. The number of hydrogen-bond donors (Lipinski definition) is 4. The number of carbonyl (C=O) groups is 1. The van der Waals surface area contributed by atoms with Gasteiger partial charge in [-0.3, -0.25) is 4.79 Å². The predicted octanol–water partition coefficient (Wildman–Crippen LogP) is 9.02. The van der Waals surface area contributed by atoms with Crippen molar-refractivity contribution in [3.63, 3.8) is 0 Å². The monoisotopic (exact) mass is 995 g/mol. The third kappa shape index (κ3) is 11.5. The molecule has 0 bridgehead atoms. The van der Waals surface area contributed by atoms with Crippen LogP contribution in [0.1, 0.15) is 54.1 Å². The third-order valence-electron chi connectivity index (χ3n) is 13.3. The van der Waals surface area contributed by atoms with E-state index in [1.807, 2.05) is 83.6 Å². The lowest BCUT2D eigenvalue weighted by Crippen LogP contribution is -2.58. The number of aliphatic hydroxyl groups is 1. The summed E-state index contributed by atoms with van der Waals surface area (Å²) < 4.78 is 98.2. The Balaban J connectivity index is 0.932. The number of nitrogens with one attached hydrogen (secondary N) is 3. The number of aliphatic hydroxyl groups excluding tert-OH is 1. The Morgan fingerprint density at radius 1 is 0.851 bits per heavy atom. The van der Waals surface area contributed by atoms with Gasteiger partial charge in [-0.05, 0) is 140 Å². The molecule has 1 unspecified atom stereocenters. The summed E-state index contributed by atoms with van der Waals surface area (Å²) in [5.74, 6) is -0.682. The molecule has 3 aliphatic heterocycles. The normalized spacial score (nSPS) is 18.0. The predicted molar refractivity (Wildman–Crippen MR) is 258 cm³/mol. The van der Waals surface area contributed by atoms with Gasteiger partial charge in [-0.15, -0.1) is 11.8 Å². The summed E-state index contributed by atoms with van der Waals surface area (Å²) in [4.78, 5) is 16.6. The first kappa shape index (κ1) is 48.8. The molecule has 3 aliphatic rings. The fourth-order valence-electron chi connectivity index (χ4n) is 9.13. The van der Waals surface area contributed by atoms with E-state index in [0.717, 1.165) is 78.4 Å². The van der Waals surface area contributed by atoms with Crippen LogP contribution in [0, 0.1) is 11.3 Å². The maximum atomic E-state index is 14.3. The minimum atomic E-state index is -6.07. The number of thioether (sulfide) groups is 1. The number of hydrogen-bond acceptors (Lipinski definition) is 11. The molecule has 18 heteroatoms. The summed E-state index contributed by atoms with van der Waals surface area (Å²) >= 11 is 7.57. The Hall–Kier alpha value is -4.62. The van der Waals surface area contributed by atoms with Gasteiger partial charge in [0.05, 0.1) is 16.7 Å². The second-order valence-electron chi connectivity index (χ2n) is 17.7. The van der Waals surface area contributed by atoms with Crippen LogP contribution in [0.25, 0.3) is 11.1 Å². The second-order valence-corrected chi connectivity index (χ2v) is 22.8. The number of sulfone groups is 1. The van der Waals surface area contributed by atoms with Gasteiger partial charge >= 0.3 is 5.51 Å². The summed E-state index contributed by atoms with van der Waals surface area (Å²) in [6.45, 7) is 5.61. The molecule has 67 heavy (non-hydrogen) atoms. The van der Waals surface area contributed by atoms with Crippen LogP contribution in [-0.2, 0) is 19.9 Å². The van der Waals surface area contributed by atoms with Gasteiger partial charge in [0.2, 0.25) is 0 Å². The fraction of sp³-hybridized carbons (Fsp3) is 0.367. The van der Waals surface area contributed by atoms with Crippen LogP contribution in [0.4, 0.5) is 24.5 Å². The number of alkyl halides is 3. The van der Waals surface area contributed by atoms with Crippen LogP contribution in [0.3, 0.4) is 0 Å². The lowest BCUT2D eigenvalue weighted by molar-refractivity contribution is -0.0435. The molecule has 1 spiro atoms. The van der Waals surface area contributed by atoms with Crippen LogP contribution in [0.15, 0.2) is 136 Å². The highest BCUT2D eigenvalue weighted by atomic mass is 35.5. The van der Waals surface area contributed by atoms with Gasteiger partial charge in [0.25, 0.3) is 25.8 Å². The van der Waals surface area contributed by atoms with E-state index < -0.39 is 58.9 Å². The largest absolute Gasteiger partial charge is 0.501 e. The number of carbonyl (C=O) groups excluding carboxylic acids is 1. The van der Waals surface area contributed by atoms with Crippen LogP contribution in [0.2, 0.25) is 5.02 Å². The van der Waals surface area contributed by atoms with Crippen molar-refractivity contribution in [2.75, 3.05) is 61.8 Å². The van der Waals surface area contributed by atoms with Crippen LogP contribution in [-0.4, -0.2) is 95.9 Å². The maximum Gasteiger partial charge on any atom is 0.501 e. The molecule has 3 saturated heterocycles. The van der Waals surface area contributed by atoms with Crippen molar-refractivity contribution in [2.45, 2.75) is 64.4 Å². The molecule has 8 rings (SSSR count). The summed E-state index contributed by atoms with van der Waals surface area (Å²) in [5.41, 5.74) is -2.36. The molecule has 0 aromatic heterocycles. The van der Waals surface area contributed by atoms with Crippen molar-refractivity contribution in [1.29, 1.82) is 0 Å². The van der Waals surface area contributed by atoms with Gasteiger partial charge < -0.3 is 25.5 Å². The van der Waals surface area contributed by atoms with Crippen molar-refractivity contribution in [3.8, 4) is 11.1 Å². The summed E-state index contributed by atoms with van der Waals surface area (Å²) in [5, 5.41) is 18.5. The van der Waals surface area contributed by atoms with Crippen molar-refractivity contribution < 1.29 is 39.9 Å². The van der Waals surface area contributed by atoms with E-state index in [0.29, 0.717) is 61.2 Å². The average molecular weight is 997 g/mol. The van der Waals surface area contributed by atoms with Gasteiger partial charge in [-0.25, -0.2) is 21.6 Å². The first-order valence-corrected chi connectivity index (χ1v) is 26.6. The molecule has 0 radical (unpaired) electrons. The number of nitrogens with zero attached hydrogens (tertiary/aromatic N) is 2. The molecule has 0 aliphatic carbocycles. The van der Waals surface area contributed by atoms with E-state index in [1.165, 1.54) is 23.9 Å². The molecule has 3 fully saturated rings. The van der Waals surface area contributed by atoms with E-state index in [4.69, 9.17) is 11.6 Å². The second kappa shape index (κ2) is 20.5. The number of rotatable bonds is 16. The highest BCUT2D eigenvalue weighted by Gasteiger charge is 2.48. The summed E-state index contributed by atoms with van der Waals surface area (Å²) in [6, 6.07) is 32.8. The number of sulfonamides is 1. The van der Waals surface area contributed by atoms with Crippen molar-refractivity contribution in [1.82, 2.24) is 14.9 Å². The maximum absolute atomic E-state index is 14.3. The Morgan fingerprint density at radius 3 is 2.15 bits per heavy atom. The van der Waals surface area contributed by atoms with Crippen molar-refractivity contribution in [2.24, 2.45) is 11.3 Å². The zero-order chi connectivity index (χ0) is 47.4. The smallest absolute Gasteiger partial charge is 0.388 e. The summed E-state index contributed by atoms with van der Waals surface area (Å²) in [6.07, 6.45) is 3.22. The van der Waals surface area contributed by atoms with Gasteiger partial charge in [0, 0.05) is 65.7 Å². The first-order valence-electron chi connectivity index (χ1n) is 22.3. The van der Waals surface area contributed by atoms with Gasteiger partial charge in [-0.2, -0.15) is 13.2 Å². The first-order chi connectivity index (χ1) is 32.0. The topological polar surface area (TPSA) is 148 Å². The third-order valence-corrected chi connectivity index (χ3v) is 17.5. The van der Waals surface area contributed by atoms with Crippen molar-refractivity contribution >= 4 is 60.5 Å². The quantitative estimate of drug-likeness (QED) is 0.0703. The molecule has 356 valence electrons. The highest BCUT2D eigenvalue weighted by molar-refractivity contribution is 7.99. The molecule has 0 saturated carbocycles. The zero-order valence-electron chi connectivity index (χ0n) is 36.6. The number of benzene rings is 5. The Bertz CT molecular complexity index is 2730. The lowest BCUT2D eigenvalue weighted by Gasteiger charge is -2.48. The Labute approximate surface area is 399 Å². The van der Waals surface area contributed by atoms with Gasteiger partial charge in [-0.1, -0.05) is 66.2 Å². The zero-order valence-corrected chi connectivity index (χ0v) is 39.8. The number of anilines is 2. The van der Waals surface area contributed by atoms with Crippen LogP contribution in [0.5, 0.6) is 0 Å². The van der Waals surface area contributed by atoms with E-state index in [2.05, 4.69) is 20.4 Å². The molecule has 1 amide bonds. The number of likely N-dealkylation sites (tertiary alicyclic amines) is 1. The molecule has 11 nitrogen and oxygen atoms in total. The van der Waals surface area contributed by atoms with Crippen molar-refractivity contribution in [3.05, 3.63) is 137 Å². The van der Waals surface area contributed by atoms with Gasteiger partial charge in [0.15, 0.2) is 0 Å². The SMILES string of the molecule is O=C(NS(=O)(=O)c1ccc(NC(CCN2CCC3(CC2)CNC3)CSc2ccccc2)c(S(=O)(=O)C(F)(F)F)c1)c1ccc(N2CCC([C@@H](O)c3ccccc3-c3ccc(Cl)cc3)CC2)cc1. The molecule has 5 aromatic rings. The molecule has 2 atom stereocenters. The molecule has 4 N–H and O–H groups in total. The molecular weight excluding hydrogens is 943 g/mol. The Morgan fingerprint density at radius 2 is 1.51 bits per heavy atom. The van der Waals surface area contributed by atoms with Crippen LogP contribution >= 0.6 is 23.4 Å². The Kier molecular flexibility index (Phi) is 15.0. The van der Waals surface area contributed by atoms with E-state index in [-0.39, 0.29) is 11.5 Å². The number of piperidine rings is 2. The molecular formula is C49H53ClF3N5O6S3. The van der Waals surface area contributed by atoms with Gasteiger partial charge in [0.1, 0.15) is 4.90 Å². The van der Waals surface area contributed by atoms with E-state index in [1.54, 1.807) is 12.1 Å².